The van der Waals surface area contributed by atoms with Crippen molar-refractivity contribution in [2.45, 2.75) is 13.0 Å². The first kappa shape index (κ1) is 17.2. The molecule has 0 saturated heterocycles. The Morgan fingerprint density at radius 2 is 1.92 bits per heavy atom. The summed E-state index contributed by atoms with van der Waals surface area (Å²) in [4.78, 5) is 35.1. The van der Waals surface area contributed by atoms with Crippen molar-refractivity contribution in [3.8, 4) is 0 Å². The van der Waals surface area contributed by atoms with Crippen molar-refractivity contribution < 1.29 is 27.9 Å². The summed E-state index contributed by atoms with van der Waals surface area (Å²) in [6.45, 7) is 0.971. The molecule has 2 aromatic rings. The van der Waals surface area contributed by atoms with Crippen molar-refractivity contribution in [2.24, 2.45) is 0 Å². The van der Waals surface area contributed by atoms with Gasteiger partial charge in [-0.2, -0.15) is 0 Å². The van der Waals surface area contributed by atoms with Gasteiger partial charge in [-0.3, -0.25) is 14.4 Å². The van der Waals surface area contributed by atoms with Gasteiger partial charge in [0.1, 0.15) is 12.4 Å². The topological polar surface area (TPSA) is 97.6 Å². The molecule has 0 aliphatic carbocycles. The molecule has 1 aromatic heterocycles. The highest BCUT2D eigenvalue weighted by atomic mass is 19.1. The summed E-state index contributed by atoms with van der Waals surface area (Å²) >= 11 is 0. The fourth-order valence-electron chi connectivity index (χ4n) is 1.72. The fourth-order valence-corrected chi connectivity index (χ4v) is 1.72. The minimum absolute atomic E-state index is 0.0601. The number of benzene rings is 1. The molecule has 2 N–H and O–H groups in total. The van der Waals surface area contributed by atoms with Gasteiger partial charge in [0.15, 0.2) is 11.9 Å². The number of anilines is 1. The molecule has 0 aliphatic heterocycles. The molecule has 2 rings (SSSR count). The first-order valence-electron chi connectivity index (χ1n) is 7.03. The third-order valence-corrected chi connectivity index (χ3v) is 2.93. The van der Waals surface area contributed by atoms with Crippen molar-refractivity contribution >= 4 is 23.5 Å². The summed E-state index contributed by atoms with van der Waals surface area (Å²) in [7, 11) is 0. The highest BCUT2D eigenvalue weighted by Gasteiger charge is 2.19. The van der Waals surface area contributed by atoms with Gasteiger partial charge in [0.25, 0.3) is 11.8 Å². The third kappa shape index (κ3) is 4.94. The van der Waals surface area contributed by atoms with Crippen LogP contribution in [-0.4, -0.2) is 30.4 Å². The number of rotatable bonds is 6. The smallest absolute Gasteiger partial charge is 0.326 e. The monoisotopic (exact) mass is 334 g/mol. The maximum Gasteiger partial charge on any atom is 0.326 e. The largest absolute Gasteiger partial charge is 0.459 e. The number of hydrogen-bond donors (Lipinski definition) is 2. The lowest BCUT2D eigenvalue weighted by molar-refractivity contribution is -0.152. The number of carbonyl (C=O) groups is 3. The van der Waals surface area contributed by atoms with Gasteiger partial charge in [0.05, 0.1) is 6.26 Å². The second-order valence-electron chi connectivity index (χ2n) is 4.79. The van der Waals surface area contributed by atoms with Gasteiger partial charge in [-0.15, -0.1) is 0 Å². The minimum Gasteiger partial charge on any atom is -0.459 e. The standard InChI is InChI=1S/C16H15FN2O5/c1-10(15(21)19-12-6-4-11(17)5-7-12)24-14(20)9-18-16(22)13-3-2-8-23-13/h2-8,10H,9H2,1H3,(H,18,22)(H,19,21)/t10-/m1/s1. The average Bonchev–Trinajstić information content (AvgIpc) is 3.09. The molecule has 2 amide bonds. The van der Waals surface area contributed by atoms with E-state index in [0.717, 1.165) is 0 Å². The normalized spacial score (nSPS) is 11.4. The summed E-state index contributed by atoms with van der Waals surface area (Å²) in [6.07, 6.45) is 0.248. The molecule has 8 heteroatoms. The maximum atomic E-state index is 12.8. The lowest BCUT2D eigenvalue weighted by atomic mass is 10.3. The zero-order valence-electron chi connectivity index (χ0n) is 12.7. The minimum atomic E-state index is -1.08. The molecule has 0 saturated carbocycles. The van der Waals surface area contributed by atoms with Crippen LogP contribution in [0.4, 0.5) is 10.1 Å². The van der Waals surface area contributed by atoms with E-state index < -0.39 is 36.2 Å². The van der Waals surface area contributed by atoms with Crippen LogP contribution in [0, 0.1) is 5.82 Å². The van der Waals surface area contributed by atoms with Crippen LogP contribution in [0.5, 0.6) is 0 Å². The van der Waals surface area contributed by atoms with Gasteiger partial charge in [-0.25, -0.2) is 4.39 Å². The quantitative estimate of drug-likeness (QED) is 0.784. The molecule has 0 radical (unpaired) electrons. The van der Waals surface area contributed by atoms with E-state index in [2.05, 4.69) is 10.6 Å². The van der Waals surface area contributed by atoms with E-state index in [9.17, 15) is 18.8 Å². The Hall–Kier alpha value is -3.16. The second-order valence-corrected chi connectivity index (χ2v) is 4.79. The van der Waals surface area contributed by atoms with Crippen LogP contribution in [-0.2, 0) is 14.3 Å². The van der Waals surface area contributed by atoms with Gasteiger partial charge >= 0.3 is 5.97 Å². The summed E-state index contributed by atoms with van der Waals surface area (Å²) in [5.41, 5.74) is 0.371. The predicted molar refractivity (Wildman–Crippen MR) is 81.6 cm³/mol. The fraction of sp³-hybridized carbons (Fsp3) is 0.188. The molecule has 0 fully saturated rings. The van der Waals surface area contributed by atoms with E-state index in [0.29, 0.717) is 5.69 Å². The molecule has 0 aliphatic rings. The highest BCUT2D eigenvalue weighted by molar-refractivity contribution is 5.96. The molecular weight excluding hydrogens is 319 g/mol. The average molecular weight is 334 g/mol. The van der Waals surface area contributed by atoms with E-state index in [1.165, 1.54) is 49.6 Å². The number of nitrogens with one attached hydrogen (secondary N) is 2. The van der Waals surface area contributed by atoms with Crippen molar-refractivity contribution in [1.82, 2.24) is 5.32 Å². The Morgan fingerprint density at radius 1 is 1.21 bits per heavy atom. The number of halogens is 1. The van der Waals surface area contributed by atoms with E-state index in [4.69, 9.17) is 9.15 Å². The Morgan fingerprint density at radius 3 is 2.54 bits per heavy atom. The first-order chi connectivity index (χ1) is 11.5. The zero-order chi connectivity index (χ0) is 17.5. The molecular formula is C16H15FN2O5. The number of ether oxygens (including phenoxy) is 1. The van der Waals surface area contributed by atoms with E-state index >= 15 is 0 Å². The number of furan rings is 1. The van der Waals surface area contributed by atoms with Gasteiger partial charge in [0, 0.05) is 5.69 Å². The number of hydrogen-bond acceptors (Lipinski definition) is 5. The molecule has 7 nitrogen and oxygen atoms in total. The van der Waals surface area contributed by atoms with Crippen LogP contribution in [0.2, 0.25) is 0 Å². The Labute approximate surface area is 136 Å². The van der Waals surface area contributed by atoms with Gasteiger partial charge in [-0.1, -0.05) is 0 Å². The lowest BCUT2D eigenvalue weighted by Gasteiger charge is -2.13. The van der Waals surface area contributed by atoms with E-state index in [-0.39, 0.29) is 5.76 Å². The van der Waals surface area contributed by atoms with E-state index in [1.54, 1.807) is 0 Å². The molecule has 126 valence electrons. The summed E-state index contributed by atoms with van der Waals surface area (Å²) < 4.78 is 22.6. The van der Waals surface area contributed by atoms with Crippen molar-refractivity contribution in [3.63, 3.8) is 0 Å². The molecule has 1 heterocycles. The number of esters is 1. The molecule has 1 atom stereocenters. The third-order valence-electron chi connectivity index (χ3n) is 2.93. The molecule has 0 unspecified atom stereocenters. The van der Waals surface area contributed by atoms with Crippen molar-refractivity contribution in [2.75, 3.05) is 11.9 Å². The molecule has 0 spiro atoms. The van der Waals surface area contributed by atoms with Crippen LogP contribution in [0.25, 0.3) is 0 Å². The first-order valence-corrected chi connectivity index (χ1v) is 7.03. The molecule has 24 heavy (non-hydrogen) atoms. The summed E-state index contributed by atoms with van der Waals surface area (Å²) in [6, 6.07) is 8.12. The number of carbonyl (C=O) groups excluding carboxylic acids is 3. The SMILES string of the molecule is C[C@@H](OC(=O)CNC(=O)c1ccco1)C(=O)Nc1ccc(F)cc1. The molecule has 0 bridgehead atoms. The number of amides is 2. The molecule has 1 aromatic carbocycles. The summed E-state index contributed by atoms with van der Waals surface area (Å²) in [5.74, 6) is -2.30. The van der Waals surface area contributed by atoms with E-state index in [1.807, 2.05) is 0 Å². The Bertz CT molecular complexity index is 713. The Balaban J connectivity index is 1.77. The zero-order valence-corrected chi connectivity index (χ0v) is 12.7. The van der Waals surface area contributed by atoms with Crippen LogP contribution < -0.4 is 10.6 Å². The van der Waals surface area contributed by atoms with Gasteiger partial charge in [-0.05, 0) is 43.3 Å². The predicted octanol–water partition coefficient (Wildman–Crippen LogP) is 1.72. The van der Waals surface area contributed by atoms with Gasteiger partial charge < -0.3 is 19.8 Å². The Kier molecular flexibility index (Phi) is 5.67. The van der Waals surface area contributed by atoms with Gasteiger partial charge in [0.2, 0.25) is 0 Å². The van der Waals surface area contributed by atoms with Crippen LogP contribution in [0.1, 0.15) is 17.5 Å². The van der Waals surface area contributed by atoms with Crippen LogP contribution in [0.15, 0.2) is 47.1 Å². The lowest BCUT2D eigenvalue weighted by Crippen LogP contribution is -2.35. The van der Waals surface area contributed by atoms with Crippen molar-refractivity contribution in [1.29, 1.82) is 0 Å². The van der Waals surface area contributed by atoms with Crippen molar-refractivity contribution in [3.05, 3.63) is 54.2 Å². The van der Waals surface area contributed by atoms with Crippen LogP contribution in [0.3, 0.4) is 0 Å². The summed E-state index contributed by atoms with van der Waals surface area (Å²) in [5, 5.41) is 4.78. The van der Waals surface area contributed by atoms with Crippen LogP contribution >= 0.6 is 0 Å². The maximum absolute atomic E-state index is 12.8. The second kappa shape index (κ2) is 7.91. The highest BCUT2D eigenvalue weighted by Crippen LogP contribution is 2.09.